The van der Waals surface area contributed by atoms with Gasteiger partial charge in [0.1, 0.15) is 12.6 Å². The van der Waals surface area contributed by atoms with Gasteiger partial charge >= 0.3 is 12.1 Å². The number of ether oxygens (including phenoxy) is 1. The lowest BCUT2D eigenvalue weighted by Crippen LogP contribution is -2.42. The van der Waals surface area contributed by atoms with E-state index in [4.69, 9.17) is 4.74 Å². The van der Waals surface area contributed by atoms with E-state index < -0.39 is 24.2 Å². The normalized spacial score (nSPS) is 14.1. The minimum Gasteiger partial charge on any atom is -0.480 e. The van der Waals surface area contributed by atoms with E-state index in [2.05, 4.69) is 17.4 Å². The Labute approximate surface area is 192 Å². The van der Waals surface area contributed by atoms with Crippen molar-refractivity contribution in [2.45, 2.75) is 37.3 Å². The van der Waals surface area contributed by atoms with Crippen molar-refractivity contribution in [3.05, 3.63) is 95.6 Å². The number of nitrogens with one attached hydrogen (secondary N) is 1. The Bertz CT molecular complexity index is 1070. The van der Waals surface area contributed by atoms with Crippen LogP contribution in [0.3, 0.4) is 0 Å². The third-order valence-electron chi connectivity index (χ3n) is 6.04. The number of alkyl carbamates (subject to hydrolysis) is 1. The van der Waals surface area contributed by atoms with Crippen LogP contribution < -0.4 is 5.32 Å². The molecule has 1 unspecified atom stereocenters. The number of aliphatic hydroxyl groups is 1. The summed E-state index contributed by atoms with van der Waals surface area (Å²) < 4.78 is 5.45. The summed E-state index contributed by atoms with van der Waals surface area (Å²) in [7, 11) is 0. The van der Waals surface area contributed by atoms with Gasteiger partial charge in [-0.3, -0.25) is 0 Å². The van der Waals surface area contributed by atoms with Crippen LogP contribution in [0, 0.1) is 0 Å². The first-order valence-corrected chi connectivity index (χ1v) is 11.1. The predicted molar refractivity (Wildman–Crippen MR) is 125 cm³/mol. The maximum absolute atomic E-state index is 12.4. The lowest BCUT2D eigenvalue weighted by Gasteiger charge is -2.18. The fourth-order valence-electron chi connectivity index (χ4n) is 4.39. The molecule has 0 spiro atoms. The van der Waals surface area contributed by atoms with Crippen molar-refractivity contribution < 1.29 is 24.5 Å². The molecule has 4 rings (SSSR count). The second-order valence-electron chi connectivity index (χ2n) is 8.28. The third kappa shape index (κ3) is 5.41. The molecule has 1 aliphatic rings. The lowest BCUT2D eigenvalue weighted by atomic mass is 9.98. The molecule has 33 heavy (non-hydrogen) atoms. The maximum atomic E-state index is 12.4. The molecule has 3 N–H and O–H groups in total. The highest BCUT2D eigenvalue weighted by Gasteiger charge is 2.29. The number of carboxylic acids is 1. The van der Waals surface area contributed by atoms with Gasteiger partial charge in [-0.1, -0.05) is 78.9 Å². The van der Waals surface area contributed by atoms with Crippen molar-refractivity contribution in [1.82, 2.24) is 5.32 Å². The first-order valence-electron chi connectivity index (χ1n) is 11.1. The van der Waals surface area contributed by atoms with Gasteiger partial charge < -0.3 is 20.3 Å². The summed E-state index contributed by atoms with van der Waals surface area (Å²) in [5, 5.41) is 22.2. The van der Waals surface area contributed by atoms with Gasteiger partial charge in [-0.05, 0) is 47.1 Å². The number of benzene rings is 3. The molecular weight excluding hydrogens is 418 g/mol. The summed E-state index contributed by atoms with van der Waals surface area (Å²) in [5.74, 6) is -1.26. The molecule has 0 bridgehead atoms. The number of aliphatic carboxylic acids is 1. The van der Waals surface area contributed by atoms with E-state index in [1.807, 2.05) is 66.7 Å². The van der Waals surface area contributed by atoms with Gasteiger partial charge in [0.2, 0.25) is 0 Å². The van der Waals surface area contributed by atoms with E-state index in [1.165, 1.54) is 0 Å². The Morgan fingerprint density at radius 3 is 2.03 bits per heavy atom. The van der Waals surface area contributed by atoms with E-state index in [-0.39, 0.29) is 25.4 Å². The number of hydrogen-bond acceptors (Lipinski definition) is 4. The summed E-state index contributed by atoms with van der Waals surface area (Å²) in [4.78, 5) is 24.1. The largest absolute Gasteiger partial charge is 0.480 e. The number of carbonyl (C=O) groups is 2. The highest BCUT2D eigenvalue weighted by atomic mass is 16.5. The van der Waals surface area contributed by atoms with Gasteiger partial charge in [0, 0.05) is 5.92 Å². The van der Waals surface area contributed by atoms with E-state index in [9.17, 15) is 19.8 Å². The molecule has 170 valence electrons. The molecule has 1 amide bonds. The summed E-state index contributed by atoms with van der Waals surface area (Å²) >= 11 is 0. The number of fused-ring (bicyclic) bond motifs is 3. The average Bonchev–Trinajstić information content (AvgIpc) is 3.14. The van der Waals surface area contributed by atoms with Crippen LogP contribution in [-0.2, 0) is 16.0 Å². The Kier molecular flexibility index (Phi) is 7.05. The van der Waals surface area contributed by atoms with E-state index in [0.29, 0.717) is 6.42 Å². The van der Waals surface area contributed by atoms with Gasteiger partial charge in [0.05, 0.1) is 6.10 Å². The first kappa shape index (κ1) is 22.6. The maximum Gasteiger partial charge on any atom is 0.407 e. The fraction of sp³-hybridized carbons (Fsp3) is 0.259. The zero-order valence-electron chi connectivity index (χ0n) is 18.2. The molecule has 0 radical (unpaired) electrons. The highest BCUT2D eigenvalue weighted by Crippen LogP contribution is 2.44. The van der Waals surface area contributed by atoms with Crippen LogP contribution >= 0.6 is 0 Å². The molecule has 6 nitrogen and oxygen atoms in total. The Balaban J connectivity index is 1.32. The molecule has 2 atom stereocenters. The topological polar surface area (TPSA) is 95.9 Å². The van der Waals surface area contributed by atoms with Crippen LogP contribution in [0.4, 0.5) is 4.79 Å². The zero-order valence-corrected chi connectivity index (χ0v) is 18.2. The highest BCUT2D eigenvalue weighted by molar-refractivity contribution is 5.81. The molecule has 3 aromatic rings. The molecule has 0 aromatic heterocycles. The van der Waals surface area contributed by atoms with Crippen molar-refractivity contribution in [3.63, 3.8) is 0 Å². The number of aliphatic hydroxyl groups excluding tert-OH is 1. The molecule has 0 saturated heterocycles. The Morgan fingerprint density at radius 2 is 1.42 bits per heavy atom. The molecule has 6 heteroatoms. The monoisotopic (exact) mass is 445 g/mol. The number of hydrogen-bond donors (Lipinski definition) is 3. The lowest BCUT2D eigenvalue weighted by molar-refractivity contribution is -0.139. The van der Waals surface area contributed by atoms with Crippen LogP contribution in [0.2, 0.25) is 0 Å². The number of rotatable bonds is 9. The molecular formula is C27H27NO5. The van der Waals surface area contributed by atoms with Crippen LogP contribution in [0.25, 0.3) is 11.1 Å². The van der Waals surface area contributed by atoms with Gasteiger partial charge in [-0.2, -0.15) is 0 Å². The fourth-order valence-corrected chi connectivity index (χ4v) is 4.39. The van der Waals surface area contributed by atoms with Crippen LogP contribution in [0.5, 0.6) is 0 Å². The number of carboxylic acid groups (broad SMARTS) is 1. The van der Waals surface area contributed by atoms with Crippen molar-refractivity contribution in [3.8, 4) is 11.1 Å². The SMILES string of the molecule is O=C(N[C@@H](CCC(O)Cc1ccccc1)C(=O)O)OCC1c2ccccc2-c2ccccc21. The standard InChI is InChI=1S/C27H27NO5/c29-19(16-18-8-2-1-3-9-18)14-15-25(26(30)31)28-27(32)33-17-24-22-12-6-4-10-20(22)21-11-5-7-13-23(21)24/h1-13,19,24-25,29H,14-17H2,(H,28,32)(H,30,31)/t19?,25-/m0/s1. The third-order valence-corrected chi connectivity index (χ3v) is 6.04. The molecule has 0 aliphatic heterocycles. The summed E-state index contributed by atoms with van der Waals surface area (Å²) in [5.41, 5.74) is 5.40. The second kappa shape index (κ2) is 10.3. The smallest absolute Gasteiger partial charge is 0.407 e. The van der Waals surface area contributed by atoms with E-state index in [1.54, 1.807) is 0 Å². The van der Waals surface area contributed by atoms with E-state index >= 15 is 0 Å². The van der Waals surface area contributed by atoms with E-state index in [0.717, 1.165) is 27.8 Å². The second-order valence-corrected chi connectivity index (χ2v) is 8.28. The Morgan fingerprint density at radius 1 is 0.848 bits per heavy atom. The number of carbonyl (C=O) groups excluding carboxylic acids is 1. The van der Waals surface area contributed by atoms with Gasteiger partial charge in [0.25, 0.3) is 0 Å². The van der Waals surface area contributed by atoms with Gasteiger partial charge in [0.15, 0.2) is 0 Å². The van der Waals surface area contributed by atoms with Crippen LogP contribution in [0.15, 0.2) is 78.9 Å². The van der Waals surface area contributed by atoms with Crippen LogP contribution in [-0.4, -0.2) is 41.0 Å². The van der Waals surface area contributed by atoms with Crippen LogP contribution in [0.1, 0.15) is 35.4 Å². The van der Waals surface area contributed by atoms with Crippen molar-refractivity contribution in [2.24, 2.45) is 0 Å². The van der Waals surface area contributed by atoms with Gasteiger partial charge in [-0.25, -0.2) is 9.59 Å². The summed E-state index contributed by atoms with van der Waals surface area (Å²) in [6, 6.07) is 24.4. The summed E-state index contributed by atoms with van der Waals surface area (Å²) in [6.07, 6.45) is -0.693. The molecule has 0 heterocycles. The molecule has 3 aromatic carbocycles. The Hall–Kier alpha value is -3.64. The minimum atomic E-state index is -1.16. The zero-order chi connectivity index (χ0) is 23.2. The average molecular weight is 446 g/mol. The summed E-state index contributed by atoms with van der Waals surface area (Å²) in [6.45, 7) is 0.114. The van der Waals surface area contributed by atoms with Gasteiger partial charge in [-0.15, -0.1) is 0 Å². The van der Waals surface area contributed by atoms with Crippen molar-refractivity contribution >= 4 is 12.1 Å². The van der Waals surface area contributed by atoms with Crippen molar-refractivity contribution in [2.75, 3.05) is 6.61 Å². The first-order chi connectivity index (χ1) is 16.0. The molecule has 0 fully saturated rings. The quantitative estimate of drug-likeness (QED) is 0.455. The molecule has 1 aliphatic carbocycles. The van der Waals surface area contributed by atoms with Crippen molar-refractivity contribution in [1.29, 1.82) is 0 Å². The predicted octanol–water partition coefficient (Wildman–Crippen LogP) is 4.36. The minimum absolute atomic E-state index is 0.0980. The number of amides is 1. The molecule has 0 saturated carbocycles.